The Morgan fingerprint density at radius 3 is 2.75 bits per heavy atom. The summed E-state index contributed by atoms with van der Waals surface area (Å²) in [6.45, 7) is 2.61. The average molecular weight is 244 g/mol. The highest BCUT2D eigenvalue weighted by molar-refractivity contribution is 7.91. The summed E-state index contributed by atoms with van der Waals surface area (Å²) < 4.78 is 23.4. The van der Waals surface area contributed by atoms with Gasteiger partial charge in [0.15, 0.2) is 9.84 Å². The highest BCUT2D eigenvalue weighted by Crippen LogP contribution is 2.33. The molecule has 0 radical (unpaired) electrons. The quantitative estimate of drug-likeness (QED) is 0.677. The molecule has 0 aliphatic heterocycles. The second-order valence-corrected chi connectivity index (χ2v) is 6.58. The minimum Gasteiger partial charge on any atom is -0.329 e. The third kappa shape index (κ3) is 2.76. The second-order valence-electron chi connectivity index (χ2n) is 4.35. The highest BCUT2D eigenvalue weighted by atomic mass is 32.2. The van der Waals surface area contributed by atoms with Gasteiger partial charge in [0.05, 0.1) is 11.8 Å². The van der Waals surface area contributed by atoms with Gasteiger partial charge in [-0.1, -0.05) is 12.3 Å². The molecule has 3 N–H and O–H groups in total. The molecule has 16 heavy (non-hydrogen) atoms. The van der Waals surface area contributed by atoms with E-state index in [1.54, 1.807) is 6.92 Å². The van der Waals surface area contributed by atoms with Crippen LogP contribution >= 0.6 is 0 Å². The molecule has 2 atom stereocenters. The van der Waals surface area contributed by atoms with Crippen LogP contribution in [0.15, 0.2) is 0 Å². The first-order valence-electron chi connectivity index (χ1n) is 5.50. The van der Waals surface area contributed by atoms with Gasteiger partial charge in [0, 0.05) is 18.3 Å². The van der Waals surface area contributed by atoms with Crippen molar-refractivity contribution in [3.63, 3.8) is 0 Å². The van der Waals surface area contributed by atoms with Gasteiger partial charge in [0.2, 0.25) is 0 Å². The lowest BCUT2D eigenvalue weighted by molar-refractivity contribution is 0.357. The van der Waals surface area contributed by atoms with E-state index in [4.69, 9.17) is 5.73 Å². The van der Waals surface area contributed by atoms with Crippen LogP contribution < -0.4 is 11.1 Å². The molecule has 0 aromatic rings. The molecule has 0 aromatic carbocycles. The van der Waals surface area contributed by atoms with Crippen molar-refractivity contribution in [3.05, 3.63) is 0 Å². The molecular formula is C11H20N2O2S. The molecule has 5 heteroatoms. The molecule has 2 unspecified atom stereocenters. The minimum absolute atomic E-state index is 0.343. The van der Waals surface area contributed by atoms with E-state index < -0.39 is 15.4 Å². The van der Waals surface area contributed by atoms with Crippen molar-refractivity contribution >= 4 is 9.84 Å². The van der Waals surface area contributed by atoms with E-state index in [1.807, 2.05) is 0 Å². The van der Waals surface area contributed by atoms with Gasteiger partial charge in [-0.2, -0.15) is 0 Å². The Labute approximate surface area is 97.9 Å². The first-order chi connectivity index (χ1) is 7.46. The molecule has 0 saturated heterocycles. The first kappa shape index (κ1) is 13.5. The zero-order valence-electron chi connectivity index (χ0n) is 9.91. The summed E-state index contributed by atoms with van der Waals surface area (Å²) in [5.74, 6) is 5.68. The molecule has 4 nitrogen and oxygen atoms in total. The predicted octanol–water partition coefficient (Wildman–Crippen LogP) is -0.106. The maximum atomic E-state index is 11.7. The Balaban J connectivity index is 2.87. The predicted molar refractivity (Wildman–Crippen MR) is 65.7 cm³/mol. The third-order valence-corrected chi connectivity index (χ3v) is 5.01. The summed E-state index contributed by atoms with van der Waals surface area (Å²) in [6, 6.07) is 0. The van der Waals surface area contributed by atoms with Gasteiger partial charge < -0.3 is 5.73 Å². The molecule has 1 rings (SSSR count). The SMILES string of the molecule is CC#CCNC1(CN)CCCC1S(C)(=O)=O. The van der Waals surface area contributed by atoms with Crippen LogP contribution in [-0.2, 0) is 9.84 Å². The second kappa shape index (κ2) is 5.17. The molecule has 0 aromatic heterocycles. The summed E-state index contributed by atoms with van der Waals surface area (Å²) in [5.41, 5.74) is 5.29. The van der Waals surface area contributed by atoms with Crippen molar-refractivity contribution in [3.8, 4) is 11.8 Å². The lowest BCUT2D eigenvalue weighted by Gasteiger charge is -2.33. The van der Waals surface area contributed by atoms with E-state index in [2.05, 4.69) is 17.2 Å². The monoisotopic (exact) mass is 244 g/mol. The van der Waals surface area contributed by atoms with Crippen LogP contribution in [0.1, 0.15) is 26.2 Å². The lowest BCUT2D eigenvalue weighted by Crippen LogP contribution is -2.58. The zero-order valence-corrected chi connectivity index (χ0v) is 10.7. The molecule has 1 fully saturated rings. The summed E-state index contributed by atoms with van der Waals surface area (Å²) in [7, 11) is -3.05. The number of nitrogens with one attached hydrogen (secondary N) is 1. The van der Waals surface area contributed by atoms with Crippen LogP contribution in [0.4, 0.5) is 0 Å². The molecule has 92 valence electrons. The number of hydrogen-bond acceptors (Lipinski definition) is 4. The van der Waals surface area contributed by atoms with Gasteiger partial charge in [0.25, 0.3) is 0 Å². The van der Waals surface area contributed by atoms with E-state index in [1.165, 1.54) is 6.26 Å². The standard InChI is InChI=1S/C11H20N2O2S/c1-3-4-8-13-11(9-12)7-5-6-10(11)16(2,14)15/h10,13H,5-9,12H2,1-2H3. The van der Waals surface area contributed by atoms with Crippen molar-refractivity contribution in [2.24, 2.45) is 5.73 Å². The van der Waals surface area contributed by atoms with Gasteiger partial charge in [0.1, 0.15) is 0 Å². The van der Waals surface area contributed by atoms with Crippen LogP contribution in [0.25, 0.3) is 0 Å². The Bertz CT molecular complexity index is 394. The maximum Gasteiger partial charge on any atom is 0.152 e. The average Bonchev–Trinajstić information content (AvgIpc) is 2.62. The van der Waals surface area contributed by atoms with Crippen LogP contribution in [-0.4, -0.2) is 38.6 Å². The van der Waals surface area contributed by atoms with Gasteiger partial charge in [-0.15, -0.1) is 5.92 Å². The summed E-state index contributed by atoms with van der Waals surface area (Å²) in [5, 5.41) is 2.85. The molecule has 1 aliphatic rings. The Morgan fingerprint density at radius 1 is 1.56 bits per heavy atom. The van der Waals surface area contributed by atoms with Crippen molar-refractivity contribution in [2.45, 2.75) is 37.0 Å². The molecule has 1 saturated carbocycles. The molecule has 1 aliphatic carbocycles. The third-order valence-electron chi connectivity index (χ3n) is 3.29. The van der Waals surface area contributed by atoms with E-state index in [0.29, 0.717) is 19.5 Å². The summed E-state index contributed by atoms with van der Waals surface area (Å²) in [6.07, 6.45) is 3.71. The summed E-state index contributed by atoms with van der Waals surface area (Å²) >= 11 is 0. The van der Waals surface area contributed by atoms with Crippen LogP contribution in [0.5, 0.6) is 0 Å². The van der Waals surface area contributed by atoms with Crippen molar-refractivity contribution in [1.82, 2.24) is 5.32 Å². The van der Waals surface area contributed by atoms with Gasteiger partial charge in [-0.05, 0) is 19.8 Å². The van der Waals surface area contributed by atoms with Crippen molar-refractivity contribution in [1.29, 1.82) is 0 Å². The zero-order chi connectivity index (χ0) is 12.2. The number of nitrogens with two attached hydrogens (primary N) is 1. The first-order valence-corrected chi connectivity index (χ1v) is 7.45. The van der Waals surface area contributed by atoms with Gasteiger partial charge in [-0.25, -0.2) is 8.42 Å². The number of hydrogen-bond donors (Lipinski definition) is 2. The van der Waals surface area contributed by atoms with Crippen molar-refractivity contribution < 1.29 is 8.42 Å². The Hall–Kier alpha value is -0.570. The fourth-order valence-electron chi connectivity index (χ4n) is 2.48. The molecule has 0 amide bonds. The number of sulfone groups is 1. The molecule has 0 heterocycles. The summed E-state index contributed by atoms with van der Waals surface area (Å²) in [4.78, 5) is 0. The van der Waals surface area contributed by atoms with Gasteiger partial charge >= 0.3 is 0 Å². The van der Waals surface area contributed by atoms with E-state index in [0.717, 1.165) is 12.8 Å². The van der Waals surface area contributed by atoms with E-state index in [9.17, 15) is 8.42 Å². The number of rotatable bonds is 4. The fourth-order valence-corrected chi connectivity index (χ4v) is 4.19. The van der Waals surface area contributed by atoms with E-state index >= 15 is 0 Å². The molecular weight excluding hydrogens is 224 g/mol. The van der Waals surface area contributed by atoms with Crippen LogP contribution in [0.3, 0.4) is 0 Å². The lowest BCUT2D eigenvalue weighted by atomic mass is 9.97. The smallest absolute Gasteiger partial charge is 0.152 e. The van der Waals surface area contributed by atoms with Gasteiger partial charge in [-0.3, -0.25) is 5.32 Å². The minimum atomic E-state index is -3.05. The Morgan fingerprint density at radius 2 is 2.25 bits per heavy atom. The fraction of sp³-hybridized carbons (Fsp3) is 0.818. The van der Waals surface area contributed by atoms with E-state index in [-0.39, 0.29) is 5.25 Å². The Kier molecular flexibility index (Phi) is 4.36. The molecule has 0 spiro atoms. The maximum absolute atomic E-state index is 11.7. The van der Waals surface area contributed by atoms with Crippen LogP contribution in [0, 0.1) is 11.8 Å². The highest BCUT2D eigenvalue weighted by Gasteiger charge is 2.46. The normalized spacial score (nSPS) is 29.8. The van der Waals surface area contributed by atoms with Crippen molar-refractivity contribution in [2.75, 3.05) is 19.3 Å². The van der Waals surface area contributed by atoms with Crippen LogP contribution in [0.2, 0.25) is 0 Å². The largest absolute Gasteiger partial charge is 0.329 e. The topological polar surface area (TPSA) is 72.2 Å². The molecule has 0 bridgehead atoms.